The number of hydrogen-bond acceptors (Lipinski definition) is 6. The number of alkyl halides is 1. The van der Waals surface area contributed by atoms with Gasteiger partial charge in [-0.15, -0.1) is 11.8 Å². The monoisotopic (exact) mass is 549 g/mol. The van der Waals surface area contributed by atoms with Crippen molar-refractivity contribution in [2.24, 2.45) is 5.92 Å². The number of benzene rings is 1. The lowest BCUT2D eigenvalue weighted by atomic mass is 9.95. The van der Waals surface area contributed by atoms with Crippen molar-refractivity contribution in [3.63, 3.8) is 0 Å². The molecule has 0 saturated carbocycles. The maximum absolute atomic E-state index is 12.6. The Bertz CT molecular complexity index is 973. The van der Waals surface area contributed by atoms with Gasteiger partial charge in [0, 0.05) is 30.0 Å². The van der Waals surface area contributed by atoms with Gasteiger partial charge >= 0.3 is 12.1 Å². The van der Waals surface area contributed by atoms with Crippen molar-refractivity contribution >= 4 is 64.9 Å². The SMILES string of the molecule is CSc1ccc(C=CC(=O)N2CCC(C(=O)N[C@@H](CNC(=O)OCCF)C(=O)O)CC2)c(Cl)c1Cl. The number of carbonyl (C=O) groups excluding carboxylic acids is 3. The molecule has 1 aromatic carbocycles. The molecule has 0 spiro atoms. The van der Waals surface area contributed by atoms with Gasteiger partial charge in [0.05, 0.1) is 16.6 Å². The molecule has 1 saturated heterocycles. The van der Waals surface area contributed by atoms with E-state index >= 15 is 0 Å². The zero-order valence-electron chi connectivity index (χ0n) is 18.9. The molecule has 0 bridgehead atoms. The molecule has 1 heterocycles. The Labute approximate surface area is 216 Å². The first-order valence-electron chi connectivity index (χ1n) is 10.7. The van der Waals surface area contributed by atoms with Crippen LogP contribution in [-0.4, -0.2) is 79.1 Å². The molecule has 9 nitrogen and oxygen atoms in total. The minimum atomic E-state index is -1.38. The average Bonchev–Trinajstić information content (AvgIpc) is 2.85. The van der Waals surface area contributed by atoms with Gasteiger partial charge in [0.15, 0.2) is 0 Å². The number of piperidine rings is 1. The number of halogens is 3. The van der Waals surface area contributed by atoms with Crippen LogP contribution < -0.4 is 10.6 Å². The van der Waals surface area contributed by atoms with Gasteiger partial charge in [0.25, 0.3) is 0 Å². The van der Waals surface area contributed by atoms with Gasteiger partial charge < -0.3 is 25.4 Å². The van der Waals surface area contributed by atoms with Crippen molar-refractivity contribution in [3.05, 3.63) is 33.8 Å². The van der Waals surface area contributed by atoms with Crippen LogP contribution in [-0.2, 0) is 19.1 Å². The highest BCUT2D eigenvalue weighted by atomic mass is 35.5. The normalized spacial score (nSPS) is 15.0. The molecular weight excluding hydrogens is 524 g/mol. The molecule has 0 unspecified atom stereocenters. The number of alkyl carbamates (subject to hydrolysis) is 1. The van der Waals surface area contributed by atoms with E-state index in [0.29, 0.717) is 41.5 Å². The van der Waals surface area contributed by atoms with Gasteiger partial charge in [0.2, 0.25) is 11.8 Å². The van der Waals surface area contributed by atoms with Gasteiger partial charge in [-0.1, -0.05) is 29.3 Å². The highest BCUT2D eigenvalue weighted by Crippen LogP contribution is 2.35. The first-order valence-corrected chi connectivity index (χ1v) is 12.6. The van der Waals surface area contributed by atoms with E-state index in [1.807, 2.05) is 12.3 Å². The maximum atomic E-state index is 12.6. The zero-order chi connectivity index (χ0) is 26.0. The molecule has 0 aromatic heterocycles. The molecule has 13 heteroatoms. The van der Waals surface area contributed by atoms with E-state index in [0.717, 1.165) is 4.90 Å². The summed E-state index contributed by atoms with van der Waals surface area (Å²) in [5, 5.41) is 14.6. The van der Waals surface area contributed by atoms with Gasteiger partial charge in [0.1, 0.15) is 19.3 Å². The van der Waals surface area contributed by atoms with Crippen molar-refractivity contribution < 1.29 is 33.4 Å². The molecule has 1 aliphatic rings. The maximum Gasteiger partial charge on any atom is 0.407 e. The quantitative estimate of drug-likeness (QED) is 0.302. The predicted octanol–water partition coefficient (Wildman–Crippen LogP) is 3.23. The van der Waals surface area contributed by atoms with Gasteiger partial charge in [-0.25, -0.2) is 14.0 Å². The Balaban J connectivity index is 1.86. The van der Waals surface area contributed by atoms with Crippen LogP contribution in [0.2, 0.25) is 10.0 Å². The smallest absolute Gasteiger partial charge is 0.407 e. The molecule has 1 aromatic rings. The van der Waals surface area contributed by atoms with Gasteiger partial charge in [-0.2, -0.15) is 0 Å². The van der Waals surface area contributed by atoms with Crippen LogP contribution in [0, 0.1) is 5.92 Å². The Kier molecular flexibility index (Phi) is 11.6. The number of carboxylic acid groups (broad SMARTS) is 1. The van der Waals surface area contributed by atoms with Crippen LogP contribution in [0.4, 0.5) is 9.18 Å². The summed E-state index contributed by atoms with van der Waals surface area (Å²) in [5.74, 6) is -2.57. The van der Waals surface area contributed by atoms with Gasteiger partial charge in [-0.05, 0) is 36.8 Å². The first-order chi connectivity index (χ1) is 16.7. The molecule has 2 rings (SSSR count). The summed E-state index contributed by atoms with van der Waals surface area (Å²) < 4.78 is 16.5. The number of aliphatic carboxylic acids is 1. The second-order valence-electron chi connectivity index (χ2n) is 7.52. The molecule has 0 radical (unpaired) electrons. The fraction of sp³-hybridized carbons (Fsp3) is 0.455. The Morgan fingerprint density at radius 2 is 1.94 bits per heavy atom. The minimum Gasteiger partial charge on any atom is -0.480 e. The summed E-state index contributed by atoms with van der Waals surface area (Å²) >= 11 is 14.0. The number of nitrogens with one attached hydrogen (secondary N) is 2. The molecule has 35 heavy (non-hydrogen) atoms. The standard InChI is InChI=1S/C22H26Cl2FN3O6S/c1-35-16-4-2-13(18(23)19(16)24)3-5-17(29)28-9-6-14(7-10-28)20(30)27-15(21(31)32)12-26-22(33)34-11-8-25/h2-5,14-15H,6-12H2,1H3,(H,26,33)(H,27,30)(H,31,32)/t15-/m0/s1. The number of nitrogens with zero attached hydrogens (tertiary/aromatic N) is 1. The second-order valence-corrected chi connectivity index (χ2v) is 9.13. The second kappa shape index (κ2) is 14.2. The highest BCUT2D eigenvalue weighted by Gasteiger charge is 2.30. The number of hydrogen-bond donors (Lipinski definition) is 3. The predicted molar refractivity (Wildman–Crippen MR) is 131 cm³/mol. The molecule has 192 valence electrons. The lowest BCUT2D eigenvalue weighted by molar-refractivity contribution is -0.142. The van der Waals surface area contributed by atoms with E-state index in [9.17, 15) is 28.7 Å². The fourth-order valence-electron chi connectivity index (χ4n) is 3.32. The van der Waals surface area contributed by atoms with E-state index in [2.05, 4.69) is 15.4 Å². The molecule has 1 aliphatic heterocycles. The Hall–Kier alpha value is -2.50. The zero-order valence-corrected chi connectivity index (χ0v) is 21.2. The molecule has 3 N–H and O–H groups in total. The van der Waals surface area contributed by atoms with E-state index in [1.54, 1.807) is 17.0 Å². The van der Waals surface area contributed by atoms with Crippen LogP contribution in [0.3, 0.4) is 0 Å². The third kappa shape index (κ3) is 8.59. The first kappa shape index (κ1) is 28.7. The van der Waals surface area contributed by atoms with Crippen molar-refractivity contribution in [1.29, 1.82) is 0 Å². The number of carbonyl (C=O) groups is 4. The van der Waals surface area contributed by atoms with Crippen LogP contribution >= 0.6 is 35.0 Å². The van der Waals surface area contributed by atoms with Crippen molar-refractivity contribution in [2.75, 3.05) is 39.2 Å². The van der Waals surface area contributed by atoms with E-state index in [1.165, 1.54) is 17.8 Å². The largest absolute Gasteiger partial charge is 0.480 e. The molecule has 1 atom stereocenters. The number of thioether (sulfide) groups is 1. The molecule has 3 amide bonds. The van der Waals surface area contributed by atoms with Crippen LogP contribution in [0.1, 0.15) is 18.4 Å². The summed E-state index contributed by atoms with van der Waals surface area (Å²) in [4.78, 5) is 50.3. The number of carboxylic acids is 1. The third-order valence-electron chi connectivity index (χ3n) is 5.25. The lowest BCUT2D eigenvalue weighted by Crippen LogP contribution is -2.51. The van der Waals surface area contributed by atoms with Crippen molar-refractivity contribution in [1.82, 2.24) is 15.5 Å². The van der Waals surface area contributed by atoms with Crippen LogP contribution in [0.5, 0.6) is 0 Å². The topological polar surface area (TPSA) is 125 Å². The number of rotatable bonds is 10. The Morgan fingerprint density at radius 3 is 2.54 bits per heavy atom. The molecule has 1 fully saturated rings. The van der Waals surface area contributed by atoms with E-state index < -0.39 is 49.8 Å². The highest BCUT2D eigenvalue weighted by molar-refractivity contribution is 7.98. The minimum absolute atomic E-state index is 0.246. The molecule has 0 aliphatic carbocycles. The van der Waals surface area contributed by atoms with E-state index in [-0.39, 0.29) is 5.91 Å². The van der Waals surface area contributed by atoms with Crippen LogP contribution in [0.25, 0.3) is 6.08 Å². The Morgan fingerprint density at radius 1 is 1.26 bits per heavy atom. The third-order valence-corrected chi connectivity index (χ3v) is 7.04. The van der Waals surface area contributed by atoms with Crippen molar-refractivity contribution in [2.45, 2.75) is 23.8 Å². The van der Waals surface area contributed by atoms with Crippen LogP contribution in [0.15, 0.2) is 23.1 Å². The summed E-state index contributed by atoms with van der Waals surface area (Å²) in [6.07, 6.45) is 4.57. The summed E-state index contributed by atoms with van der Waals surface area (Å²) in [6, 6.07) is 2.21. The van der Waals surface area contributed by atoms with E-state index in [4.69, 9.17) is 23.2 Å². The lowest BCUT2D eigenvalue weighted by Gasteiger charge is -2.31. The molecular formula is C22H26Cl2FN3O6S. The van der Waals surface area contributed by atoms with Gasteiger partial charge in [-0.3, -0.25) is 9.59 Å². The summed E-state index contributed by atoms with van der Waals surface area (Å²) in [7, 11) is 0. The van der Waals surface area contributed by atoms with Crippen molar-refractivity contribution in [3.8, 4) is 0 Å². The number of likely N-dealkylation sites (tertiary alicyclic amines) is 1. The average molecular weight is 550 g/mol. The summed E-state index contributed by atoms with van der Waals surface area (Å²) in [6.45, 7) is -1.11. The summed E-state index contributed by atoms with van der Waals surface area (Å²) in [5.41, 5.74) is 0.610. The fourth-order valence-corrected chi connectivity index (χ4v) is 4.49. The number of amides is 3. The number of ether oxygens (including phenoxy) is 1.